The van der Waals surface area contributed by atoms with E-state index >= 15 is 0 Å². The van der Waals surface area contributed by atoms with E-state index in [4.69, 9.17) is 99.5 Å². The van der Waals surface area contributed by atoms with Crippen molar-refractivity contribution in [3.63, 3.8) is 0 Å². The van der Waals surface area contributed by atoms with Crippen LogP contribution in [0.25, 0.3) is 0 Å². The van der Waals surface area contributed by atoms with E-state index in [1.807, 2.05) is 0 Å². The summed E-state index contributed by atoms with van der Waals surface area (Å²) in [6.45, 7) is -7.91. The van der Waals surface area contributed by atoms with Gasteiger partial charge in [-0.1, -0.05) is 0 Å². The second-order valence-electron chi connectivity index (χ2n) is 34.5. The Morgan fingerprint density at radius 3 is 0.701 bits per heavy atom. The van der Waals surface area contributed by atoms with Crippen LogP contribution in [0, 0.1) is 0 Å². The molecule has 11 fully saturated rings. The lowest BCUT2D eigenvalue weighted by atomic mass is 9.93. The molecule has 5 amide bonds. The summed E-state index contributed by atoms with van der Waals surface area (Å²) in [4.78, 5) is 64.4. The first kappa shape index (κ1) is 113. The third kappa shape index (κ3) is 25.0. The first-order valence-electron chi connectivity index (χ1n) is 43.7. The molecular formula is C76H127N5O56. The Labute approximate surface area is 775 Å². The minimum Gasteiger partial charge on any atom is -0.394 e. The molecule has 35 N–H and O–H groups in total. The van der Waals surface area contributed by atoms with Gasteiger partial charge in [0.15, 0.2) is 69.2 Å². The van der Waals surface area contributed by atoms with Crippen LogP contribution in [-0.2, 0) is 123 Å². The van der Waals surface area contributed by atoms with Gasteiger partial charge < -0.3 is 279 Å². The summed E-state index contributed by atoms with van der Waals surface area (Å²) in [6, 6.07) is -9.60. The van der Waals surface area contributed by atoms with Gasteiger partial charge in [-0.05, 0) is 0 Å². The van der Waals surface area contributed by atoms with Crippen molar-refractivity contribution in [3.05, 3.63) is 0 Å². The summed E-state index contributed by atoms with van der Waals surface area (Å²) in [5.74, 6) is -4.73. The van der Waals surface area contributed by atoms with Crippen molar-refractivity contribution in [3.8, 4) is 0 Å². The van der Waals surface area contributed by atoms with Crippen molar-refractivity contribution in [2.24, 2.45) is 0 Å². The predicted molar refractivity (Wildman–Crippen MR) is 420 cm³/mol. The first-order valence-corrected chi connectivity index (χ1v) is 43.7. The highest BCUT2D eigenvalue weighted by atomic mass is 16.8. The molecular weight excluding hydrogens is 1880 g/mol. The highest BCUT2D eigenvalue weighted by Crippen LogP contribution is 2.42. The number of nitrogens with one attached hydrogen (secondary N) is 5. The van der Waals surface area contributed by atoms with Crippen LogP contribution in [0.1, 0.15) is 34.6 Å². The Morgan fingerprint density at radius 1 is 0.190 bits per heavy atom. The van der Waals surface area contributed by atoms with Crippen LogP contribution >= 0.6 is 0 Å². The predicted octanol–water partition coefficient (Wildman–Crippen LogP) is -24.3. The number of carbonyl (C=O) groups excluding carboxylic acids is 5. The zero-order valence-electron chi connectivity index (χ0n) is 73.6. The number of carbonyl (C=O) groups is 5. The molecule has 11 heterocycles. The molecule has 61 nitrogen and oxygen atoms in total. The molecule has 0 radical (unpaired) electrons. The van der Waals surface area contributed by atoms with E-state index in [1.165, 1.54) is 0 Å². The van der Waals surface area contributed by atoms with Crippen LogP contribution < -0.4 is 26.6 Å². The van der Waals surface area contributed by atoms with E-state index in [0.29, 0.717) is 0 Å². The Kier molecular flexibility index (Phi) is 40.7. The molecule has 0 aliphatic carbocycles. The molecule has 137 heavy (non-hydrogen) atoms. The van der Waals surface area contributed by atoms with Crippen LogP contribution in [-0.4, -0.2) is 593 Å². The summed E-state index contributed by atoms with van der Waals surface area (Å²) in [7, 11) is 0. The molecule has 55 atom stereocenters. The van der Waals surface area contributed by atoms with E-state index in [-0.39, 0.29) is 0 Å². The lowest BCUT2D eigenvalue weighted by Gasteiger charge is -2.51. The van der Waals surface area contributed by atoms with Gasteiger partial charge in [-0.3, -0.25) is 24.0 Å². The molecule has 1 unspecified atom stereocenters. The molecule has 0 bridgehead atoms. The molecule has 0 saturated carbocycles. The topological polar surface area (TPSA) is 946 Å². The molecule has 0 aromatic heterocycles. The molecule has 11 aliphatic rings. The van der Waals surface area contributed by atoms with Crippen LogP contribution in [0.2, 0.25) is 0 Å². The lowest BCUT2D eigenvalue weighted by molar-refractivity contribution is -0.399. The number of rotatable bonds is 36. The number of aliphatic hydroxyl groups excluding tert-OH is 30. The Bertz CT molecular complexity index is 3780. The normalized spacial score (nSPS) is 48.9. The minimum absolute atomic E-state index is 0.813. The third-order valence-corrected chi connectivity index (χ3v) is 25.0. The van der Waals surface area contributed by atoms with Crippen molar-refractivity contribution in [2.75, 3.05) is 72.7 Å². The molecule has 792 valence electrons. The maximum Gasteiger partial charge on any atom is 0.217 e. The van der Waals surface area contributed by atoms with Gasteiger partial charge in [0.2, 0.25) is 29.5 Å². The molecule has 11 aliphatic heterocycles. The lowest BCUT2D eigenvalue weighted by Crippen LogP contribution is -2.71. The van der Waals surface area contributed by atoms with Crippen molar-refractivity contribution in [1.29, 1.82) is 0 Å². The van der Waals surface area contributed by atoms with E-state index in [2.05, 4.69) is 26.6 Å². The highest BCUT2D eigenvalue weighted by Gasteiger charge is 2.63. The zero-order chi connectivity index (χ0) is 101. The second kappa shape index (κ2) is 49.5. The standard InChI is InChI=1S/C76H127N5O56/c1-17(92)77-33-44(103)57(27(11-87)118-66(33)116)129-67-34(78-18(2)93)45(104)61(30(14-90)124-67)133-74-56(115)63(135-76-65(52(111)41(100)25(9-85)123-76)137-70-37(81-21(5)96)47(106)59(29(13-89)127-70)131-72-54(113)50(109)39(98)23(7-83)120-72)43(102)32(128-74)16-117-75-64(51(110)40(99)24(8-84)122-75)136-69-36(80-20(4)95)48(107)60(31(15-91)126-69)132-73-55(114)62(42(101)26(10-86)121-73)134-68-35(79-19(3)94)46(105)58(28(12-88)125-68)130-71-53(112)49(108)38(97)22(6-82)119-71/h22-76,82-91,97-116H,6-16H2,1-5H3,(H,77,92)(H,78,93)(H,79,94)(H,80,95)(H,81,96)/t22-,23-,24-,25-,26-,27-,28-,29-,30-,31-,32-,33-,34-,35-,36-,37-,38+,39+,40-,41-,42+,43-,44-,45-,46-,47-,48-,49+,50+,51+,52+,53-,54-,55-,56+,57-,58-,59-,60-,61-,62+,63+,64+,65+,66?,67+,68+,69+,70+,71+,72+,73+,74+,75+,76-/m1/s1. The van der Waals surface area contributed by atoms with Gasteiger partial charge in [-0.2, -0.15) is 0 Å². The monoisotopic (exact) mass is 2010 g/mol. The number of aliphatic hydroxyl groups is 30. The average molecular weight is 2010 g/mol. The van der Waals surface area contributed by atoms with Gasteiger partial charge in [-0.25, -0.2) is 0 Å². The maximum atomic E-state index is 13.3. The van der Waals surface area contributed by atoms with E-state index < -0.39 is 440 Å². The number of hydrogen-bond donors (Lipinski definition) is 35. The molecule has 0 aromatic carbocycles. The Morgan fingerprint density at radius 2 is 0.394 bits per heavy atom. The van der Waals surface area contributed by atoms with Crippen LogP contribution in [0.5, 0.6) is 0 Å². The Balaban J connectivity index is 0.886. The Hall–Kier alpha value is -4.69. The fourth-order valence-electron chi connectivity index (χ4n) is 17.8. The molecule has 0 aromatic rings. The smallest absolute Gasteiger partial charge is 0.217 e. The SMILES string of the molecule is CC(=O)N[C@H]1[C@H](O[C@H]2[C@H](O)[C@@H](NC(C)=O)C(O)O[C@@H]2CO)O[C@H](CO)[C@@H](O[C@@H]2O[C@H](CO[C@H]3O[C@H](CO)[C@@H](O)[C@H](O)[C@@H]3O[C@@H]3O[C@H](CO)[C@@H](O[C@@H]4O[C@H](CO)[C@H](O)[C@H](O[C@@H]5O[C@H](CO)[C@@H](O[C@@H]6O[C@H](CO)[C@H](O)[C@H](O)[C@H]6O)[C@H](O)[C@H]5NC(C)=O)[C@H]4O)[C@H](O)[C@H]3NC(C)=O)[C@@H](O)[C@H](O[C@H]3O[C@H](CO)[C@@H](O)[C@H](O)[C@@H]3O[C@@H]3O[C@H](CO)[C@@H](O[C@@H]4O[C@H](CO)[C@H](O)[C@H](O)[C@H]4O)[C@H](O)[C@H]3NC(C)=O)[C@@H]2O)[C@@H]1O. The van der Waals surface area contributed by atoms with E-state index in [0.717, 1.165) is 34.6 Å². The van der Waals surface area contributed by atoms with Gasteiger partial charge in [0.25, 0.3) is 0 Å². The summed E-state index contributed by atoms with van der Waals surface area (Å²) in [6.07, 6.45) is -107. The number of hydrogen-bond acceptors (Lipinski definition) is 56. The van der Waals surface area contributed by atoms with E-state index in [9.17, 15) is 177 Å². The first-order chi connectivity index (χ1) is 64.9. The molecule has 11 saturated heterocycles. The molecule has 11 rings (SSSR count). The minimum atomic E-state index is -2.64. The quantitative estimate of drug-likeness (QED) is 0.0277. The van der Waals surface area contributed by atoms with Crippen molar-refractivity contribution in [2.45, 2.75) is 372 Å². The number of ether oxygens (including phenoxy) is 21. The molecule has 0 spiro atoms. The summed E-state index contributed by atoms with van der Waals surface area (Å²) >= 11 is 0. The fourth-order valence-corrected chi connectivity index (χ4v) is 17.8. The zero-order valence-corrected chi connectivity index (χ0v) is 73.6. The third-order valence-electron chi connectivity index (χ3n) is 25.0. The molecule has 61 heteroatoms. The van der Waals surface area contributed by atoms with Gasteiger partial charge in [0.05, 0.1) is 72.7 Å². The van der Waals surface area contributed by atoms with E-state index in [1.54, 1.807) is 0 Å². The maximum absolute atomic E-state index is 13.3. The van der Waals surface area contributed by atoms with Crippen molar-refractivity contribution in [1.82, 2.24) is 26.6 Å². The van der Waals surface area contributed by atoms with Gasteiger partial charge in [0.1, 0.15) is 268 Å². The van der Waals surface area contributed by atoms with Gasteiger partial charge >= 0.3 is 0 Å². The summed E-state index contributed by atoms with van der Waals surface area (Å²) < 4.78 is 125. The van der Waals surface area contributed by atoms with Gasteiger partial charge in [-0.15, -0.1) is 0 Å². The second-order valence-corrected chi connectivity index (χ2v) is 34.5. The summed E-state index contributed by atoms with van der Waals surface area (Å²) in [5, 5.41) is 348. The average Bonchev–Trinajstić information content (AvgIpc) is 0.770. The van der Waals surface area contributed by atoms with Crippen LogP contribution in [0.15, 0.2) is 0 Å². The fraction of sp³-hybridized carbons (Fsp3) is 0.934. The van der Waals surface area contributed by atoms with Gasteiger partial charge in [0, 0.05) is 34.6 Å². The van der Waals surface area contributed by atoms with Crippen molar-refractivity contribution >= 4 is 29.5 Å². The van der Waals surface area contributed by atoms with Crippen LogP contribution in [0.3, 0.4) is 0 Å². The summed E-state index contributed by atoms with van der Waals surface area (Å²) in [5.41, 5.74) is 0. The number of amides is 5. The largest absolute Gasteiger partial charge is 0.394 e. The van der Waals surface area contributed by atoms with Crippen LogP contribution in [0.4, 0.5) is 0 Å². The highest BCUT2D eigenvalue weighted by molar-refractivity contribution is 5.75. The van der Waals surface area contributed by atoms with Crippen molar-refractivity contribution < 1.29 is 277 Å².